The molecule has 0 aliphatic rings. The minimum atomic E-state index is -4.64. The molecule has 0 atom stereocenters. The maximum absolute atomic E-state index is 8.88. The summed E-state index contributed by atoms with van der Waals surface area (Å²) in [6, 6.07) is -0.0457. The molecule has 0 radical (unpaired) electrons. The third-order valence-corrected chi connectivity index (χ3v) is 2.34. The first-order valence-corrected chi connectivity index (χ1v) is 8.78. The van der Waals surface area contributed by atoms with E-state index in [1.807, 2.05) is 0 Å². The van der Waals surface area contributed by atoms with Gasteiger partial charge in [-0.1, -0.05) is 0 Å². The summed E-state index contributed by atoms with van der Waals surface area (Å²) in [6.45, 7) is 0.190. The first kappa shape index (κ1) is 34.5. The van der Waals surface area contributed by atoms with Crippen LogP contribution in [0.3, 0.4) is 0 Å². The number of hydrogen-bond donors (Lipinski definition) is 3. The number of phosphoric acid groups is 1. The van der Waals surface area contributed by atoms with Gasteiger partial charge in [0.2, 0.25) is 21.1 Å². The quantitative estimate of drug-likeness (QED) is 0.192. The van der Waals surface area contributed by atoms with Gasteiger partial charge >= 0.3 is 109 Å². The Bertz CT molecular complexity index is 677. The number of aromatic nitrogens is 6. The molecule has 0 aromatic carbocycles. The summed E-state index contributed by atoms with van der Waals surface area (Å²) in [6.07, 6.45) is 0. The van der Waals surface area contributed by atoms with Crippen LogP contribution in [0.25, 0.3) is 0 Å². The molecule has 0 fully saturated rings. The monoisotopic (exact) mass is 523 g/mol. The van der Waals surface area contributed by atoms with Gasteiger partial charge in [-0.3, -0.25) is 0 Å². The first-order valence-electron chi connectivity index (χ1n) is 5.71. The second-order valence-corrected chi connectivity index (χ2v) is 5.90. The van der Waals surface area contributed by atoms with Crippen LogP contribution in [-0.2, 0) is 4.57 Å². The van der Waals surface area contributed by atoms with Crippen LogP contribution in [0.4, 0.5) is 0 Å². The fourth-order valence-corrected chi connectivity index (χ4v) is 1.71. The van der Waals surface area contributed by atoms with Crippen LogP contribution in [0, 0.1) is 0 Å². The summed E-state index contributed by atoms with van der Waals surface area (Å²) in [4.78, 5) is 43.5. The van der Waals surface area contributed by atoms with Crippen LogP contribution in [0.5, 0.6) is 12.0 Å². The van der Waals surface area contributed by atoms with Crippen LogP contribution < -0.4 is 98.1 Å². The Kier molecular flexibility index (Phi) is 21.5. The molecule has 3 N–H and O–H groups in total. The average molecular weight is 525 g/mol. The van der Waals surface area contributed by atoms with E-state index in [2.05, 4.69) is 29.9 Å². The Morgan fingerprint density at radius 2 is 0.857 bits per heavy atom. The Labute approximate surface area is 244 Å². The molecular formula is C8H7Cl4N6Na3O6P+3. The van der Waals surface area contributed by atoms with E-state index < -0.39 is 7.82 Å². The maximum Gasteiger partial charge on any atom is 1.00 e. The van der Waals surface area contributed by atoms with Crippen LogP contribution in [0.1, 0.15) is 0 Å². The third-order valence-electron chi connectivity index (χ3n) is 1.67. The van der Waals surface area contributed by atoms with Gasteiger partial charge in [-0.2, -0.15) is 29.9 Å². The molecule has 0 saturated heterocycles. The molecule has 0 aliphatic carbocycles. The third kappa shape index (κ3) is 18.6. The van der Waals surface area contributed by atoms with E-state index in [4.69, 9.17) is 75.1 Å². The van der Waals surface area contributed by atoms with E-state index >= 15 is 0 Å². The second-order valence-electron chi connectivity index (χ2n) is 3.52. The minimum Gasteiger partial charge on any atom is -0.460 e. The normalized spacial score (nSPS) is 9.54. The standard InChI is InChI=1S/C8H4Cl4N6O2.3Na.H3O4P/c9-3-13-4(10)16-7(15-3)19-1-2-20-8-17-5(11)14-6(12)18-8;;;;1-5(2,3)4/h1-2H2;;;;(H3,1,2,3,4)/q;3*+1;. The van der Waals surface area contributed by atoms with Crippen LogP contribution >= 0.6 is 54.2 Å². The van der Waals surface area contributed by atoms with E-state index in [1.165, 1.54) is 0 Å². The largest absolute Gasteiger partial charge is 1.00 e. The summed E-state index contributed by atoms with van der Waals surface area (Å²) >= 11 is 22.3. The van der Waals surface area contributed by atoms with Gasteiger partial charge in [0.1, 0.15) is 13.2 Å². The van der Waals surface area contributed by atoms with Crippen LogP contribution in [0.15, 0.2) is 0 Å². The molecule has 0 bridgehead atoms. The minimum absolute atomic E-state index is 0. The van der Waals surface area contributed by atoms with Gasteiger partial charge in [0, 0.05) is 0 Å². The van der Waals surface area contributed by atoms with Crippen molar-refractivity contribution in [3.05, 3.63) is 21.1 Å². The Hall–Kier alpha value is 1.89. The van der Waals surface area contributed by atoms with Crippen molar-refractivity contribution < 1.29 is 117 Å². The summed E-state index contributed by atoms with van der Waals surface area (Å²) in [5.41, 5.74) is 0. The number of rotatable bonds is 5. The SMILES string of the molecule is Clc1nc(Cl)nc(OCCOc2nc(Cl)nc(Cl)n2)n1.O=P(O)(O)O.[Na+].[Na+].[Na+]. The predicted octanol–water partition coefficient (Wildman–Crippen LogP) is -7.79. The number of ether oxygens (including phenoxy) is 2. The van der Waals surface area contributed by atoms with Crippen molar-refractivity contribution >= 4 is 54.2 Å². The summed E-state index contributed by atoms with van der Waals surface area (Å²) in [7, 11) is -4.64. The molecule has 0 spiro atoms. The molecule has 0 saturated carbocycles. The Balaban J connectivity index is -0.000000700. The van der Waals surface area contributed by atoms with Crippen molar-refractivity contribution in [2.75, 3.05) is 13.2 Å². The Morgan fingerprint density at radius 1 is 0.643 bits per heavy atom. The molecule has 0 amide bonds. The molecule has 12 nitrogen and oxygen atoms in total. The summed E-state index contributed by atoms with van der Waals surface area (Å²) in [5, 5.41) is -0.289. The van der Waals surface area contributed by atoms with Crippen LogP contribution in [-0.4, -0.2) is 57.8 Å². The number of nitrogens with zero attached hydrogens (tertiary/aromatic N) is 6. The van der Waals surface area contributed by atoms with Crippen molar-refractivity contribution in [1.82, 2.24) is 29.9 Å². The van der Waals surface area contributed by atoms with E-state index in [0.717, 1.165) is 0 Å². The van der Waals surface area contributed by atoms with Crippen LogP contribution in [0.2, 0.25) is 21.1 Å². The van der Waals surface area contributed by atoms with Crippen molar-refractivity contribution in [3.8, 4) is 12.0 Å². The number of hydrogen-bond acceptors (Lipinski definition) is 9. The van der Waals surface area contributed by atoms with Gasteiger partial charge in [0.25, 0.3) is 0 Å². The molecule has 2 rings (SSSR count). The first-order chi connectivity index (χ1) is 11.5. The van der Waals surface area contributed by atoms with Crippen molar-refractivity contribution in [1.29, 1.82) is 0 Å². The van der Waals surface area contributed by atoms with E-state index in [1.54, 1.807) is 0 Å². The van der Waals surface area contributed by atoms with E-state index in [0.29, 0.717) is 0 Å². The average Bonchev–Trinajstić information content (AvgIpc) is 2.39. The molecule has 2 heterocycles. The molecule has 28 heavy (non-hydrogen) atoms. The zero-order valence-corrected chi connectivity index (χ0v) is 24.5. The molecule has 20 heteroatoms. The topological polar surface area (TPSA) is 174 Å². The predicted molar refractivity (Wildman–Crippen MR) is 84.9 cm³/mol. The smallest absolute Gasteiger partial charge is 0.460 e. The zero-order chi connectivity index (χ0) is 19.0. The fourth-order valence-electron chi connectivity index (χ4n) is 1.01. The zero-order valence-electron chi connectivity index (χ0n) is 14.6. The molecule has 0 unspecified atom stereocenters. The fraction of sp³-hybridized carbons (Fsp3) is 0.250. The van der Waals surface area contributed by atoms with Gasteiger partial charge < -0.3 is 24.2 Å². The van der Waals surface area contributed by atoms with E-state index in [-0.39, 0.29) is 135 Å². The van der Waals surface area contributed by atoms with Crippen molar-refractivity contribution in [2.24, 2.45) is 0 Å². The molecule has 2 aromatic rings. The molecule has 0 aliphatic heterocycles. The van der Waals surface area contributed by atoms with Gasteiger partial charge in [-0.25, -0.2) is 4.57 Å². The van der Waals surface area contributed by atoms with Gasteiger partial charge in [-0.15, -0.1) is 0 Å². The molecule has 2 aromatic heterocycles. The summed E-state index contributed by atoms with van der Waals surface area (Å²) in [5.74, 6) is 0. The van der Waals surface area contributed by atoms with Gasteiger partial charge in [0.05, 0.1) is 0 Å². The van der Waals surface area contributed by atoms with Crippen molar-refractivity contribution in [3.63, 3.8) is 0 Å². The second kappa shape index (κ2) is 17.4. The summed E-state index contributed by atoms with van der Waals surface area (Å²) < 4.78 is 19.2. The van der Waals surface area contributed by atoms with E-state index in [9.17, 15) is 0 Å². The maximum atomic E-state index is 8.88. The number of halogens is 4. The van der Waals surface area contributed by atoms with Crippen molar-refractivity contribution in [2.45, 2.75) is 0 Å². The van der Waals surface area contributed by atoms with Gasteiger partial charge in [-0.05, 0) is 46.4 Å². The van der Waals surface area contributed by atoms with Gasteiger partial charge in [0.15, 0.2) is 0 Å². The molecule has 138 valence electrons. The molecular weight excluding hydrogens is 518 g/mol. The Morgan fingerprint density at radius 3 is 1.07 bits per heavy atom.